The number of aryl methyl sites for hydroxylation is 1. The summed E-state index contributed by atoms with van der Waals surface area (Å²) in [6.45, 7) is 0. The molecule has 4 nitrogen and oxygen atoms in total. The second kappa shape index (κ2) is 4.80. The Morgan fingerprint density at radius 3 is 2.95 bits per heavy atom. The first-order valence-electron chi connectivity index (χ1n) is 6.34. The van der Waals surface area contributed by atoms with Gasteiger partial charge in [-0.2, -0.15) is 0 Å². The van der Waals surface area contributed by atoms with Crippen LogP contribution in [0.2, 0.25) is 0 Å². The third kappa shape index (κ3) is 2.34. The maximum absolute atomic E-state index is 9.49. The molecule has 0 saturated carbocycles. The fraction of sp³-hybridized carbons (Fsp3) is 0.267. The van der Waals surface area contributed by atoms with Crippen LogP contribution in [-0.4, -0.2) is 17.2 Å². The molecule has 0 radical (unpaired) electrons. The van der Waals surface area contributed by atoms with Crippen molar-refractivity contribution in [1.29, 1.82) is 0 Å². The van der Waals surface area contributed by atoms with Crippen LogP contribution in [0, 0.1) is 0 Å². The Morgan fingerprint density at radius 1 is 1.32 bits per heavy atom. The van der Waals surface area contributed by atoms with E-state index in [1.54, 1.807) is 19.4 Å². The SMILES string of the molecule is COc1ccc(NC2CCc3cc(O)ccc32)cn1. The van der Waals surface area contributed by atoms with Crippen LogP contribution >= 0.6 is 0 Å². The summed E-state index contributed by atoms with van der Waals surface area (Å²) in [6.07, 6.45) is 3.80. The van der Waals surface area contributed by atoms with Gasteiger partial charge in [0.2, 0.25) is 5.88 Å². The Kier molecular flexibility index (Phi) is 2.99. The molecule has 3 rings (SSSR count). The monoisotopic (exact) mass is 256 g/mol. The van der Waals surface area contributed by atoms with E-state index in [4.69, 9.17) is 4.74 Å². The van der Waals surface area contributed by atoms with E-state index in [0.717, 1.165) is 18.5 Å². The zero-order valence-corrected chi connectivity index (χ0v) is 10.8. The summed E-state index contributed by atoms with van der Waals surface area (Å²) in [5.74, 6) is 0.952. The van der Waals surface area contributed by atoms with Crippen molar-refractivity contribution < 1.29 is 9.84 Å². The van der Waals surface area contributed by atoms with E-state index in [1.165, 1.54) is 11.1 Å². The van der Waals surface area contributed by atoms with Gasteiger partial charge < -0.3 is 15.2 Å². The second-order valence-electron chi connectivity index (χ2n) is 4.71. The largest absolute Gasteiger partial charge is 0.508 e. The van der Waals surface area contributed by atoms with Crippen LogP contribution in [0.5, 0.6) is 11.6 Å². The average Bonchev–Trinajstić information content (AvgIpc) is 2.82. The highest BCUT2D eigenvalue weighted by Crippen LogP contribution is 2.35. The van der Waals surface area contributed by atoms with Crippen LogP contribution in [0.15, 0.2) is 36.5 Å². The quantitative estimate of drug-likeness (QED) is 0.886. The number of aromatic hydroxyl groups is 1. The van der Waals surface area contributed by atoms with Crippen LogP contribution < -0.4 is 10.1 Å². The molecule has 0 amide bonds. The van der Waals surface area contributed by atoms with Crippen molar-refractivity contribution in [3.05, 3.63) is 47.7 Å². The van der Waals surface area contributed by atoms with Gasteiger partial charge in [0, 0.05) is 6.07 Å². The van der Waals surface area contributed by atoms with Gasteiger partial charge in [0.15, 0.2) is 0 Å². The number of fused-ring (bicyclic) bond motifs is 1. The van der Waals surface area contributed by atoms with Crippen molar-refractivity contribution in [3.8, 4) is 11.6 Å². The molecule has 1 aliphatic rings. The number of methoxy groups -OCH3 is 1. The normalized spacial score (nSPS) is 17.0. The number of rotatable bonds is 3. The van der Waals surface area contributed by atoms with E-state index in [9.17, 15) is 5.11 Å². The van der Waals surface area contributed by atoms with Crippen molar-refractivity contribution in [1.82, 2.24) is 4.98 Å². The van der Waals surface area contributed by atoms with Crippen LogP contribution in [-0.2, 0) is 6.42 Å². The molecule has 0 spiro atoms. The van der Waals surface area contributed by atoms with Crippen molar-refractivity contribution in [2.24, 2.45) is 0 Å². The summed E-state index contributed by atoms with van der Waals surface area (Å²) in [5, 5.41) is 13.0. The number of phenolic OH excluding ortho intramolecular Hbond substituents is 1. The van der Waals surface area contributed by atoms with E-state index < -0.39 is 0 Å². The van der Waals surface area contributed by atoms with Gasteiger partial charge in [0.05, 0.1) is 25.0 Å². The Balaban J connectivity index is 1.78. The molecule has 0 saturated heterocycles. The van der Waals surface area contributed by atoms with Crippen LogP contribution in [0.4, 0.5) is 5.69 Å². The lowest BCUT2D eigenvalue weighted by Crippen LogP contribution is -2.07. The maximum atomic E-state index is 9.49. The molecular formula is C15H16N2O2. The predicted octanol–water partition coefficient (Wildman–Crippen LogP) is 2.90. The highest BCUT2D eigenvalue weighted by molar-refractivity contribution is 5.48. The van der Waals surface area contributed by atoms with Gasteiger partial charge in [-0.15, -0.1) is 0 Å². The third-order valence-corrected chi connectivity index (χ3v) is 3.49. The highest BCUT2D eigenvalue weighted by Gasteiger charge is 2.22. The lowest BCUT2D eigenvalue weighted by atomic mass is 10.1. The minimum atomic E-state index is 0.283. The topological polar surface area (TPSA) is 54.4 Å². The maximum Gasteiger partial charge on any atom is 0.213 e. The van der Waals surface area contributed by atoms with Crippen molar-refractivity contribution >= 4 is 5.69 Å². The van der Waals surface area contributed by atoms with Gasteiger partial charge in [-0.05, 0) is 42.2 Å². The Morgan fingerprint density at radius 2 is 2.21 bits per heavy atom. The van der Waals surface area contributed by atoms with Crippen LogP contribution in [0.25, 0.3) is 0 Å². The fourth-order valence-electron chi connectivity index (χ4n) is 2.54. The molecule has 4 heteroatoms. The number of hydrogen-bond acceptors (Lipinski definition) is 4. The van der Waals surface area contributed by atoms with Gasteiger partial charge >= 0.3 is 0 Å². The molecule has 1 heterocycles. The summed E-state index contributed by atoms with van der Waals surface area (Å²) in [4.78, 5) is 4.18. The standard InChI is InChI=1S/C15H16N2O2/c1-19-15-7-3-11(9-16-15)17-14-6-2-10-8-12(18)4-5-13(10)14/h3-5,7-9,14,17-18H,2,6H2,1H3. The molecule has 0 aliphatic heterocycles. The van der Waals surface area contributed by atoms with Crippen molar-refractivity contribution in [2.45, 2.75) is 18.9 Å². The molecule has 1 aliphatic carbocycles. The fourth-order valence-corrected chi connectivity index (χ4v) is 2.54. The number of aromatic nitrogens is 1. The molecule has 0 bridgehead atoms. The first kappa shape index (κ1) is 11.8. The van der Waals surface area contributed by atoms with E-state index >= 15 is 0 Å². The molecule has 98 valence electrons. The lowest BCUT2D eigenvalue weighted by Gasteiger charge is -2.15. The first-order valence-corrected chi connectivity index (χ1v) is 6.34. The molecule has 1 aromatic heterocycles. The highest BCUT2D eigenvalue weighted by atomic mass is 16.5. The predicted molar refractivity (Wildman–Crippen MR) is 73.6 cm³/mol. The van der Waals surface area contributed by atoms with E-state index in [2.05, 4.69) is 10.3 Å². The Hall–Kier alpha value is -2.23. The minimum Gasteiger partial charge on any atom is -0.508 e. The first-order chi connectivity index (χ1) is 9.26. The number of pyridine rings is 1. The molecule has 0 fully saturated rings. The van der Waals surface area contributed by atoms with Gasteiger partial charge in [-0.1, -0.05) is 6.07 Å². The molecule has 2 N–H and O–H groups in total. The number of ether oxygens (including phenoxy) is 1. The summed E-state index contributed by atoms with van der Waals surface area (Å²) >= 11 is 0. The van der Waals surface area contributed by atoms with Crippen molar-refractivity contribution in [2.75, 3.05) is 12.4 Å². The summed E-state index contributed by atoms with van der Waals surface area (Å²) in [7, 11) is 1.61. The molecule has 19 heavy (non-hydrogen) atoms. The number of nitrogens with zero attached hydrogens (tertiary/aromatic N) is 1. The molecule has 2 aromatic rings. The van der Waals surface area contributed by atoms with Gasteiger partial charge in [0.25, 0.3) is 0 Å². The minimum absolute atomic E-state index is 0.283. The van der Waals surface area contributed by atoms with Crippen LogP contribution in [0.1, 0.15) is 23.6 Å². The second-order valence-corrected chi connectivity index (χ2v) is 4.71. The molecule has 1 atom stereocenters. The van der Waals surface area contributed by atoms with E-state index in [0.29, 0.717) is 11.6 Å². The molecule has 1 unspecified atom stereocenters. The van der Waals surface area contributed by atoms with Gasteiger partial charge in [-0.25, -0.2) is 4.98 Å². The number of hydrogen-bond donors (Lipinski definition) is 2. The number of anilines is 1. The summed E-state index contributed by atoms with van der Waals surface area (Å²) in [6, 6.07) is 9.67. The third-order valence-electron chi connectivity index (χ3n) is 3.49. The summed E-state index contributed by atoms with van der Waals surface area (Å²) < 4.78 is 5.04. The smallest absolute Gasteiger partial charge is 0.213 e. The zero-order valence-electron chi connectivity index (χ0n) is 10.8. The van der Waals surface area contributed by atoms with Crippen LogP contribution in [0.3, 0.4) is 0 Å². The average molecular weight is 256 g/mol. The van der Waals surface area contributed by atoms with Crippen molar-refractivity contribution in [3.63, 3.8) is 0 Å². The molecular weight excluding hydrogens is 240 g/mol. The summed E-state index contributed by atoms with van der Waals surface area (Å²) in [5.41, 5.74) is 3.46. The van der Waals surface area contributed by atoms with Gasteiger partial charge in [-0.3, -0.25) is 0 Å². The number of nitrogens with one attached hydrogen (secondary N) is 1. The Bertz CT molecular complexity index is 581. The van der Waals surface area contributed by atoms with Gasteiger partial charge in [0.1, 0.15) is 5.75 Å². The molecule has 1 aromatic carbocycles. The Labute approximate surface area is 112 Å². The van der Waals surface area contributed by atoms with E-state index in [-0.39, 0.29) is 6.04 Å². The number of benzene rings is 1. The lowest BCUT2D eigenvalue weighted by molar-refractivity contribution is 0.398. The zero-order chi connectivity index (χ0) is 13.2. The van der Waals surface area contributed by atoms with E-state index in [1.807, 2.05) is 24.3 Å². The number of phenols is 1.